The lowest BCUT2D eigenvalue weighted by atomic mass is 10.2. The van der Waals surface area contributed by atoms with Crippen LogP contribution in [0, 0.1) is 0 Å². The molecule has 0 radical (unpaired) electrons. The van der Waals surface area contributed by atoms with Gasteiger partial charge in [-0.15, -0.1) is 0 Å². The van der Waals surface area contributed by atoms with Crippen molar-refractivity contribution in [2.24, 2.45) is 0 Å². The van der Waals surface area contributed by atoms with E-state index < -0.39 is 0 Å². The predicted molar refractivity (Wildman–Crippen MR) is 90.4 cm³/mol. The van der Waals surface area contributed by atoms with Gasteiger partial charge >= 0.3 is 0 Å². The van der Waals surface area contributed by atoms with Gasteiger partial charge in [-0.3, -0.25) is 4.79 Å². The molecule has 1 amide bonds. The molecule has 6 nitrogen and oxygen atoms in total. The highest BCUT2D eigenvalue weighted by Gasteiger charge is 2.10. The van der Waals surface area contributed by atoms with E-state index in [9.17, 15) is 4.79 Å². The van der Waals surface area contributed by atoms with Crippen LogP contribution in [0.1, 0.15) is 10.4 Å². The highest BCUT2D eigenvalue weighted by Crippen LogP contribution is 2.27. The number of carbonyl (C=O) groups excluding carboxylic acids is 1. The first kappa shape index (κ1) is 17.5. The van der Waals surface area contributed by atoms with Crippen molar-refractivity contribution in [3.63, 3.8) is 0 Å². The van der Waals surface area contributed by atoms with E-state index in [-0.39, 0.29) is 5.91 Å². The van der Waals surface area contributed by atoms with Gasteiger partial charge in [-0.25, -0.2) is 0 Å². The largest absolute Gasteiger partial charge is 0.497 e. The molecule has 6 heteroatoms. The lowest BCUT2D eigenvalue weighted by Gasteiger charge is -2.11. The summed E-state index contributed by atoms with van der Waals surface area (Å²) in [5.74, 6) is 2.30. The molecule has 0 saturated heterocycles. The van der Waals surface area contributed by atoms with Gasteiger partial charge in [0.05, 0.1) is 27.9 Å². The van der Waals surface area contributed by atoms with Crippen LogP contribution in [-0.2, 0) is 0 Å². The number of nitrogens with one attached hydrogen (secondary N) is 1. The first-order chi connectivity index (χ1) is 11.7. The summed E-state index contributed by atoms with van der Waals surface area (Å²) in [6.07, 6.45) is 0. The molecule has 24 heavy (non-hydrogen) atoms. The van der Waals surface area contributed by atoms with Crippen LogP contribution in [-0.4, -0.2) is 40.4 Å². The highest BCUT2D eigenvalue weighted by molar-refractivity contribution is 5.94. The lowest BCUT2D eigenvalue weighted by molar-refractivity contribution is 0.0946. The molecular weight excluding hydrogens is 310 g/mol. The van der Waals surface area contributed by atoms with Gasteiger partial charge < -0.3 is 24.3 Å². The minimum atomic E-state index is -0.204. The van der Waals surface area contributed by atoms with Crippen molar-refractivity contribution >= 4 is 5.91 Å². The summed E-state index contributed by atoms with van der Waals surface area (Å²) in [5.41, 5.74) is 0.494. The normalized spacial score (nSPS) is 9.96. The van der Waals surface area contributed by atoms with E-state index >= 15 is 0 Å². The van der Waals surface area contributed by atoms with Crippen molar-refractivity contribution < 1.29 is 23.7 Å². The Kier molecular flexibility index (Phi) is 6.31. The van der Waals surface area contributed by atoms with E-state index in [2.05, 4.69) is 5.32 Å². The standard InChI is InChI=1S/C18H21NO5/c1-21-14-5-4-6-15(12-14)24-10-9-19-18(20)13-7-8-16(22-2)17(11-13)23-3/h4-8,11-12H,9-10H2,1-3H3,(H,19,20). The second kappa shape index (κ2) is 8.67. The summed E-state index contributed by atoms with van der Waals surface area (Å²) in [5, 5.41) is 2.80. The van der Waals surface area contributed by atoms with Gasteiger partial charge in [0.25, 0.3) is 5.91 Å². The SMILES string of the molecule is COc1cccc(OCCNC(=O)c2ccc(OC)c(OC)c2)c1. The van der Waals surface area contributed by atoms with Crippen molar-refractivity contribution in [3.8, 4) is 23.0 Å². The van der Waals surface area contributed by atoms with E-state index in [0.29, 0.717) is 36.0 Å². The van der Waals surface area contributed by atoms with E-state index in [1.54, 1.807) is 38.5 Å². The maximum Gasteiger partial charge on any atom is 0.251 e. The van der Waals surface area contributed by atoms with Crippen molar-refractivity contribution in [2.45, 2.75) is 0 Å². The Morgan fingerprint density at radius 1 is 0.917 bits per heavy atom. The van der Waals surface area contributed by atoms with Gasteiger partial charge in [0.2, 0.25) is 0 Å². The van der Waals surface area contributed by atoms with Crippen LogP contribution < -0.4 is 24.3 Å². The Morgan fingerprint density at radius 3 is 2.38 bits per heavy atom. The maximum absolute atomic E-state index is 12.1. The summed E-state index contributed by atoms with van der Waals surface area (Å²) < 4.78 is 21.0. The van der Waals surface area contributed by atoms with Gasteiger partial charge in [-0.05, 0) is 30.3 Å². The zero-order chi connectivity index (χ0) is 17.4. The molecule has 0 aliphatic heterocycles. The van der Waals surface area contributed by atoms with Gasteiger partial charge in [0.15, 0.2) is 11.5 Å². The Hall–Kier alpha value is -2.89. The summed E-state index contributed by atoms with van der Waals surface area (Å²) in [7, 11) is 4.68. The third-order valence-corrected chi connectivity index (χ3v) is 3.34. The van der Waals surface area contributed by atoms with Crippen molar-refractivity contribution in [1.29, 1.82) is 0 Å². The number of carbonyl (C=O) groups is 1. The van der Waals surface area contributed by atoms with Crippen LogP contribution in [0.25, 0.3) is 0 Å². The maximum atomic E-state index is 12.1. The van der Waals surface area contributed by atoms with Crippen LogP contribution in [0.15, 0.2) is 42.5 Å². The molecule has 2 aromatic rings. The molecule has 0 bridgehead atoms. The van der Waals surface area contributed by atoms with Crippen LogP contribution in [0.4, 0.5) is 0 Å². The highest BCUT2D eigenvalue weighted by atomic mass is 16.5. The molecule has 2 aromatic carbocycles. The monoisotopic (exact) mass is 331 g/mol. The number of methoxy groups -OCH3 is 3. The van der Waals surface area contributed by atoms with Gasteiger partial charge in [0, 0.05) is 11.6 Å². The summed E-state index contributed by atoms with van der Waals surface area (Å²) in [6, 6.07) is 12.3. The number of hydrogen-bond donors (Lipinski definition) is 1. The zero-order valence-electron chi connectivity index (χ0n) is 14.0. The molecule has 2 rings (SSSR count). The molecule has 0 aromatic heterocycles. The predicted octanol–water partition coefficient (Wildman–Crippen LogP) is 2.52. The van der Waals surface area contributed by atoms with Crippen LogP contribution in [0.3, 0.4) is 0 Å². The van der Waals surface area contributed by atoms with E-state index in [0.717, 1.165) is 5.75 Å². The van der Waals surface area contributed by atoms with Gasteiger partial charge in [-0.1, -0.05) is 6.07 Å². The van der Waals surface area contributed by atoms with Gasteiger partial charge in [-0.2, -0.15) is 0 Å². The average Bonchev–Trinajstić information content (AvgIpc) is 2.64. The fourth-order valence-corrected chi connectivity index (χ4v) is 2.10. The Bertz CT molecular complexity index is 687. The molecular formula is C18H21NO5. The van der Waals surface area contributed by atoms with Crippen molar-refractivity contribution in [2.75, 3.05) is 34.5 Å². The molecule has 1 N–H and O–H groups in total. The minimum Gasteiger partial charge on any atom is -0.497 e. The first-order valence-corrected chi connectivity index (χ1v) is 7.45. The second-order valence-electron chi connectivity index (χ2n) is 4.85. The number of ether oxygens (including phenoxy) is 4. The number of rotatable bonds is 8. The fourth-order valence-electron chi connectivity index (χ4n) is 2.10. The van der Waals surface area contributed by atoms with E-state index in [1.165, 1.54) is 7.11 Å². The third kappa shape index (κ3) is 4.55. The topological polar surface area (TPSA) is 66.0 Å². The Morgan fingerprint density at radius 2 is 1.67 bits per heavy atom. The smallest absolute Gasteiger partial charge is 0.251 e. The summed E-state index contributed by atoms with van der Waals surface area (Å²) in [4.78, 5) is 12.1. The van der Waals surface area contributed by atoms with Crippen LogP contribution in [0.5, 0.6) is 23.0 Å². The molecule has 0 aliphatic rings. The zero-order valence-corrected chi connectivity index (χ0v) is 14.0. The molecule has 0 heterocycles. The number of benzene rings is 2. The molecule has 0 aliphatic carbocycles. The van der Waals surface area contributed by atoms with E-state index in [4.69, 9.17) is 18.9 Å². The molecule has 0 saturated carbocycles. The molecule has 128 valence electrons. The Labute approximate surface area is 141 Å². The summed E-state index contributed by atoms with van der Waals surface area (Å²) >= 11 is 0. The number of amides is 1. The quantitative estimate of drug-likeness (QED) is 0.753. The average molecular weight is 331 g/mol. The summed E-state index contributed by atoms with van der Waals surface area (Å²) in [6.45, 7) is 0.733. The molecule has 0 atom stereocenters. The molecule has 0 unspecified atom stereocenters. The van der Waals surface area contributed by atoms with Crippen molar-refractivity contribution in [1.82, 2.24) is 5.32 Å². The third-order valence-electron chi connectivity index (χ3n) is 3.34. The molecule has 0 fully saturated rings. The van der Waals surface area contributed by atoms with Crippen LogP contribution in [0.2, 0.25) is 0 Å². The van der Waals surface area contributed by atoms with Crippen molar-refractivity contribution in [3.05, 3.63) is 48.0 Å². The Balaban J connectivity index is 1.84. The van der Waals surface area contributed by atoms with Crippen LogP contribution >= 0.6 is 0 Å². The second-order valence-corrected chi connectivity index (χ2v) is 4.85. The molecule has 0 spiro atoms. The van der Waals surface area contributed by atoms with Gasteiger partial charge in [0.1, 0.15) is 18.1 Å². The number of hydrogen-bond acceptors (Lipinski definition) is 5. The fraction of sp³-hybridized carbons (Fsp3) is 0.278. The minimum absolute atomic E-state index is 0.204. The van der Waals surface area contributed by atoms with E-state index in [1.807, 2.05) is 18.2 Å². The lowest BCUT2D eigenvalue weighted by Crippen LogP contribution is -2.28. The first-order valence-electron chi connectivity index (χ1n) is 7.45.